The van der Waals surface area contributed by atoms with E-state index < -0.39 is 0 Å². The fourth-order valence-electron chi connectivity index (χ4n) is 2.94. The molecule has 0 radical (unpaired) electrons. The number of aromatic nitrogens is 3. The summed E-state index contributed by atoms with van der Waals surface area (Å²) in [5.74, 6) is -0.0500. The van der Waals surface area contributed by atoms with Gasteiger partial charge in [-0.3, -0.25) is 9.59 Å². The minimum atomic E-state index is -0.209. The minimum Gasteiger partial charge on any atom is -0.353 e. The lowest BCUT2D eigenvalue weighted by Crippen LogP contribution is -2.46. The monoisotopic (exact) mass is 315 g/mol. The molecule has 2 atom stereocenters. The van der Waals surface area contributed by atoms with Gasteiger partial charge in [-0.15, -0.1) is 5.10 Å². The van der Waals surface area contributed by atoms with Crippen LogP contribution in [0.15, 0.2) is 29.1 Å². The molecule has 1 saturated heterocycles. The lowest BCUT2D eigenvalue weighted by atomic mass is 10.0. The Balaban J connectivity index is 1.61. The van der Waals surface area contributed by atoms with Crippen molar-refractivity contribution in [2.45, 2.75) is 44.8 Å². The van der Waals surface area contributed by atoms with Gasteiger partial charge in [0.25, 0.3) is 5.56 Å². The second-order valence-electron chi connectivity index (χ2n) is 6.03. The van der Waals surface area contributed by atoms with Gasteiger partial charge in [-0.1, -0.05) is 17.3 Å². The van der Waals surface area contributed by atoms with Crippen molar-refractivity contribution in [1.29, 1.82) is 0 Å². The molecule has 2 heterocycles. The molecule has 7 nitrogen and oxygen atoms in total. The molecule has 1 amide bonds. The second-order valence-corrected chi connectivity index (χ2v) is 6.03. The van der Waals surface area contributed by atoms with Crippen LogP contribution < -0.4 is 16.2 Å². The van der Waals surface area contributed by atoms with E-state index in [9.17, 15) is 9.59 Å². The lowest BCUT2D eigenvalue weighted by Gasteiger charge is -2.28. The Morgan fingerprint density at radius 1 is 1.43 bits per heavy atom. The molecule has 0 spiro atoms. The minimum absolute atomic E-state index is 0.0500. The van der Waals surface area contributed by atoms with Gasteiger partial charge in [0.15, 0.2) is 0 Å². The van der Waals surface area contributed by atoms with E-state index in [1.807, 2.05) is 6.07 Å². The number of carbonyl (C=O) groups is 1. The van der Waals surface area contributed by atoms with Crippen molar-refractivity contribution in [3.8, 4) is 0 Å². The Morgan fingerprint density at radius 3 is 3.09 bits per heavy atom. The SMILES string of the molecule is CC1CC(NC(=O)CCn2nnc3ccccc3c2=O)CCN1. The van der Waals surface area contributed by atoms with E-state index in [1.54, 1.807) is 18.2 Å². The number of amides is 1. The standard InChI is InChI=1S/C16H21N5O2/c1-11-10-12(6-8-17-11)18-15(22)7-9-21-16(23)13-4-2-3-5-14(13)19-20-21/h2-5,11-12,17H,6-10H2,1H3,(H,18,22). The number of hydrogen-bond donors (Lipinski definition) is 2. The molecule has 2 unspecified atom stereocenters. The molecule has 1 aliphatic rings. The highest BCUT2D eigenvalue weighted by molar-refractivity contribution is 5.77. The predicted octanol–water partition coefficient (Wildman–Crippen LogP) is 0.438. The highest BCUT2D eigenvalue weighted by Gasteiger charge is 2.19. The van der Waals surface area contributed by atoms with E-state index in [2.05, 4.69) is 27.9 Å². The first-order chi connectivity index (χ1) is 11.1. The third-order valence-electron chi connectivity index (χ3n) is 4.17. The normalized spacial score (nSPS) is 21.3. The molecule has 3 rings (SSSR count). The van der Waals surface area contributed by atoms with E-state index in [0.717, 1.165) is 19.4 Å². The number of hydrogen-bond acceptors (Lipinski definition) is 5. The van der Waals surface area contributed by atoms with Crippen molar-refractivity contribution in [3.63, 3.8) is 0 Å². The Hall–Kier alpha value is -2.28. The molecule has 1 aromatic carbocycles. The summed E-state index contributed by atoms with van der Waals surface area (Å²) in [7, 11) is 0. The Labute approximate surface area is 134 Å². The van der Waals surface area contributed by atoms with Crippen LogP contribution in [0, 0.1) is 0 Å². The number of piperidine rings is 1. The van der Waals surface area contributed by atoms with Crippen LogP contribution in [0.2, 0.25) is 0 Å². The number of nitrogens with zero attached hydrogens (tertiary/aromatic N) is 3. The third-order valence-corrected chi connectivity index (χ3v) is 4.17. The zero-order valence-electron chi connectivity index (χ0n) is 13.2. The maximum absolute atomic E-state index is 12.3. The maximum Gasteiger partial charge on any atom is 0.277 e. The van der Waals surface area contributed by atoms with E-state index >= 15 is 0 Å². The summed E-state index contributed by atoms with van der Waals surface area (Å²) >= 11 is 0. The van der Waals surface area contributed by atoms with Gasteiger partial charge < -0.3 is 10.6 Å². The fourth-order valence-corrected chi connectivity index (χ4v) is 2.94. The number of fused-ring (bicyclic) bond motifs is 1. The van der Waals surface area contributed by atoms with Gasteiger partial charge in [-0.2, -0.15) is 0 Å². The summed E-state index contributed by atoms with van der Waals surface area (Å²) in [6, 6.07) is 7.70. The van der Waals surface area contributed by atoms with Crippen LogP contribution in [0.3, 0.4) is 0 Å². The Bertz CT molecular complexity index is 757. The first kappa shape index (κ1) is 15.6. The molecule has 1 aromatic heterocycles. The van der Waals surface area contributed by atoms with Gasteiger partial charge in [0.1, 0.15) is 5.52 Å². The van der Waals surface area contributed by atoms with Crippen molar-refractivity contribution in [2.24, 2.45) is 0 Å². The van der Waals surface area contributed by atoms with Crippen LogP contribution in [0.5, 0.6) is 0 Å². The molecule has 2 aromatic rings. The van der Waals surface area contributed by atoms with Gasteiger partial charge in [-0.25, -0.2) is 4.68 Å². The van der Waals surface area contributed by atoms with Crippen molar-refractivity contribution in [2.75, 3.05) is 6.54 Å². The molecule has 7 heteroatoms. The van der Waals surface area contributed by atoms with Gasteiger partial charge in [0, 0.05) is 18.5 Å². The second kappa shape index (κ2) is 6.87. The average molecular weight is 315 g/mol. The Morgan fingerprint density at radius 2 is 2.26 bits per heavy atom. The molecule has 0 aliphatic carbocycles. The highest BCUT2D eigenvalue weighted by Crippen LogP contribution is 2.08. The molecule has 2 N–H and O–H groups in total. The zero-order chi connectivity index (χ0) is 16.2. The highest BCUT2D eigenvalue weighted by atomic mass is 16.2. The first-order valence-corrected chi connectivity index (χ1v) is 7.99. The number of aryl methyl sites for hydroxylation is 1. The molecule has 0 bridgehead atoms. The Kier molecular flexibility index (Phi) is 4.66. The van der Waals surface area contributed by atoms with Crippen LogP contribution in [0.1, 0.15) is 26.2 Å². The molecular formula is C16H21N5O2. The molecule has 0 saturated carbocycles. The van der Waals surface area contributed by atoms with Crippen LogP contribution in [-0.4, -0.2) is 39.5 Å². The van der Waals surface area contributed by atoms with E-state index in [1.165, 1.54) is 4.68 Å². The van der Waals surface area contributed by atoms with Crippen LogP contribution >= 0.6 is 0 Å². The average Bonchev–Trinajstić information content (AvgIpc) is 2.54. The van der Waals surface area contributed by atoms with Gasteiger partial charge in [-0.05, 0) is 38.4 Å². The topological polar surface area (TPSA) is 88.9 Å². The van der Waals surface area contributed by atoms with Crippen LogP contribution in [-0.2, 0) is 11.3 Å². The van der Waals surface area contributed by atoms with Crippen molar-refractivity contribution >= 4 is 16.8 Å². The number of rotatable bonds is 4. The van der Waals surface area contributed by atoms with E-state index in [-0.39, 0.29) is 30.5 Å². The summed E-state index contributed by atoms with van der Waals surface area (Å²) in [6.07, 6.45) is 2.10. The lowest BCUT2D eigenvalue weighted by molar-refractivity contribution is -0.122. The first-order valence-electron chi connectivity index (χ1n) is 7.99. The quantitative estimate of drug-likeness (QED) is 0.854. The maximum atomic E-state index is 12.3. The zero-order valence-corrected chi connectivity index (χ0v) is 13.2. The largest absolute Gasteiger partial charge is 0.353 e. The van der Waals surface area contributed by atoms with Gasteiger partial charge in [0.05, 0.1) is 11.9 Å². The summed E-state index contributed by atoms with van der Waals surface area (Å²) < 4.78 is 1.26. The van der Waals surface area contributed by atoms with E-state index in [4.69, 9.17) is 0 Å². The van der Waals surface area contributed by atoms with Gasteiger partial charge in [0.2, 0.25) is 5.91 Å². The predicted molar refractivity (Wildman–Crippen MR) is 87.0 cm³/mol. The molecular weight excluding hydrogens is 294 g/mol. The molecule has 1 aliphatic heterocycles. The summed E-state index contributed by atoms with van der Waals surface area (Å²) in [5.41, 5.74) is 0.362. The van der Waals surface area contributed by atoms with Crippen LogP contribution in [0.4, 0.5) is 0 Å². The summed E-state index contributed by atoms with van der Waals surface area (Å²) in [4.78, 5) is 24.4. The van der Waals surface area contributed by atoms with Crippen molar-refractivity contribution in [3.05, 3.63) is 34.6 Å². The van der Waals surface area contributed by atoms with Gasteiger partial charge >= 0.3 is 0 Å². The number of nitrogens with one attached hydrogen (secondary N) is 2. The van der Waals surface area contributed by atoms with Crippen molar-refractivity contribution < 1.29 is 4.79 Å². The molecule has 23 heavy (non-hydrogen) atoms. The smallest absolute Gasteiger partial charge is 0.277 e. The molecule has 122 valence electrons. The summed E-state index contributed by atoms with van der Waals surface area (Å²) in [5, 5.41) is 14.8. The third kappa shape index (κ3) is 3.73. The van der Waals surface area contributed by atoms with Crippen LogP contribution in [0.25, 0.3) is 10.9 Å². The number of benzene rings is 1. The number of carbonyl (C=O) groups excluding carboxylic acids is 1. The fraction of sp³-hybridized carbons (Fsp3) is 0.500. The molecule has 1 fully saturated rings. The van der Waals surface area contributed by atoms with E-state index in [0.29, 0.717) is 16.9 Å². The van der Waals surface area contributed by atoms with Crippen molar-refractivity contribution in [1.82, 2.24) is 25.6 Å². The summed E-state index contributed by atoms with van der Waals surface area (Å²) in [6.45, 7) is 3.27.